The minimum atomic E-state index is -0.864. The average molecular weight is 557 g/mol. The Morgan fingerprint density at radius 3 is 2.37 bits per heavy atom. The minimum Gasteiger partial charge on any atom is -0.508 e. The number of aromatic nitrogens is 1. The highest BCUT2D eigenvalue weighted by atomic mass is 16.5. The predicted molar refractivity (Wildman–Crippen MR) is 160 cm³/mol. The maximum atomic E-state index is 13.8. The highest BCUT2D eigenvalue weighted by molar-refractivity contribution is 6.00. The lowest BCUT2D eigenvalue weighted by Crippen LogP contribution is -2.49. The molecule has 1 heterocycles. The van der Waals surface area contributed by atoms with E-state index in [0.717, 1.165) is 22.9 Å². The Hall–Kier alpha value is -4.99. The molecule has 0 unspecified atom stereocenters. The van der Waals surface area contributed by atoms with Crippen LogP contribution in [0.2, 0.25) is 0 Å². The summed E-state index contributed by atoms with van der Waals surface area (Å²) in [7, 11) is 0. The van der Waals surface area contributed by atoms with E-state index < -0.39 is 11.9 Å². The highest BCUT2D eigenvalue weighted by Crippen LogP contribution is 2.24. The normalized spacial score (nSPS) is 11.6. The minimum absolute atomic E-state index is 0.0395. The Labute approximate surface area is 238 Å². The third-order valence-corrected chi connectivity index (χ3v) is 6.80. The molecule has 10 nitrogen and oxygen atoms in total. The first-order valence-corrected chi connectivity index (χ1v) is 13.5. The molecule has 0 spiro atoms. The van der Waals surface area contributed by atoms with E-state index >= 15 is 0 Å². The van der Waals surface area contributed by atoms with Crippen LogP contribution in [-0.2, 0) is 17.6 Å². The van der Waals surface area contributed by atoms with Gasteiger partial charge in [-0.1, -0.05) is 42.5 Å². The molecule has 41 heavy (non-hydrogen) atoms. The molecule has 4 rings (SSSR count). The molecule has 0 aliphatic heterocycles. The van der Waals surface area contributed by atoms with Crippen LogP contribution in [0.4, 0.5) is 0 Å². The van der Waals surface area contributed by atoms with Crippen molar-refractivity contribution < 1.29 is 19.4 Å². The van der Waals surface area contributed by atoms with Gasteiger partial charge in [-0.05, 0) is 66.8 Å². The van der Waals surface area contributed by atoms with Gasteiger partial charge in [0.25, 0.3) is 5.91 Å². The lowest BCUT2D eigenvalue weighted by molar-refractivity contribution is -0.122. The van der Waals surface area contributed by atoms with Gasteiger partial charge in [-0.3, -0.25) is 14.6 Å². The number of ether oxygens (including phenoxy) is 1. The van der Waals surface area contributed by atoms with Gasteiger partial charge in [0.1, 0.15) is 23.2 Å². The van der Waals surface area contributed by atoms with Gasteiger partial charge >= 0.3 is 0 Å². The zero-order chi connectivity index (χ0) is 29.2. The van der Waals surface area contributed by atoms with E-state index in [9.17, 15) is 14.7 Å². The molecule has 1 aromatic heterocycles. The molecular formula is C31H36N6O4. The van der Waals surface area contributed by atoms with Crippen LogP contribution in [-0.4, -0.2) is 58.5 Å². The number of hydrogen-bond acceptors (Lipinski definition) is 5. The van der Waals surface area contributed by atoms with Gasteiger partial charge in [0.2, 0.25) is 5.91 Å². The molecule has 4 aromatic rings. The summed E-state index contributed by atoms with van der Waals surface area (Å²) in [6.07, 6.45) is 2.00. The SMILES string of the molecule is NC(=O)[C@@H](CCCN=C(N)N)N(CCc1ccc(O)cc1)C(=O)c1cc2cc(OCCc3ccccc3)ccc2[nH]1. The smallest absolute Gasteiger partial charge is 0.270 e. The molecule has 2 amide bonds. The number of rotatable bonds is 14. The Morgan fingerprint density at radius 2 is 1.66 bits per heavy atom. The molecule has 0 aliphatic carbocycles. The first kappa shape index (κ1) is 29.0. The Kier molecular flexibility index (Phi) is 9.82. The van der Waals surface area contributed by atoms with Gasteiger partial charge in [0, 0.05) is 30.4 Å². The van der Waals surface area contributed by atoms with Crippen LogP contribution in [0.25, 0.3) is 10.9 Å². The first-order valence-electron chi connectivity index (χ1n) is 13.5. The number of aliphatic imine (C=N–C) groups is 1. The van der Waals surface area contributed by atoms with Gasteiger partial charge in [0.05, 0.1) is 6.61 Å². The fourth-order valence-electron chi connectivity index (χ4n) is 4.66. The van der Waals surface area contributed by atoms with Gasteiger partial charge in [0.15, 0.2) is 5.96 Å². The Morgan fingerprint density at radius 1 is 0.927 bits per heavy atom. The van der Waals surface area contributed by atoms with E-state index in [1.54, 1.807) is 30.3 Å². The maximum absolute atomic E-state index is 13.8. The second kappa shape index (κ2) is 13.9. The number of benzene rings is 3. The fraction of sp³-hybridized carbons (Fsp3) is 0.258. The van der Waals surface area contributed by atoms with Crippen molar-refractivity contribution in [3.05, 3.63) is 95.7 Å². The molecule has 0 aliphatic rings. The molecule has 3 aromatic carbocycles. The molecule has 0 saturated heterocycles. The van der Waals surface area contributed by atoms with Crippen LogP contribution < -0.4 is 21.9 Å². The average Bonchev–Trinajstić information content (AvgIpc) is 3.39. The first-order chi connectivity index (χ1) is 19.8. The van der Waals surface area contributed by atoms with Crippen LogP contribution in [0.5, 0.6) is 11.5 Å². The number of nitrogens with two attached hydrogens (primary N) is 3. The van der Waals surface area contributed by atoms with Crippen molar-refractivity contribution in [2.45, 2.75) is 31.7 Å². The Balaban J connectivity index is 1.52. The largest absolute Gasteiger partial charge is 0.508 e. The topological polar surface area (TPSA) is 173 Å². The third kappa shape index (κ3) is 8.25. The van der Waals surface area contributed by atoms with Crippen LogP contribution >= 0.6 is 0 Å². The monoisotopic (exact) mass is 556 g/mol. The zero-order valence-electron chi connectivity index (χ0n) is 22.8. The van der Waals surface area contributed by atoms with Crippen molar-refractivity contribution >= 4 is 28.7 Å². The number of nitrogens with zero attached hydrogens (tertiary/aromatic N) is 2. The maximum Gasteiger partial charge on any atom is 0.270 e. The third-order valence-electron chi connectivity index (χ3n) is 6.80. The summed E-state index contributed by atoms with van der Waals surface area (Å²) in [5.74, 6) is -0.151. The van der Waals surface area contributed by atoms with Gasteiger partial charge in [-0.15, -0.1) is 0 Å². The van der Waals surface area contributed by atoms with E-state index in [4.69, 9.17) is 21.9 Å². The number of carbonyl (C=O) groups is 2. The van der Waals surface area contributed by atoms with Crippen molar-refractivity contribution in [2.75, 3.05) is 19.7 Å². The lowest BCUT2D eigenvalue weighted by Gasteiger charge is -2.29. The van der Waals surface area contributed by atoms with E-state index in [-0.39, 0.29) is 24.2 Å². The number of aromatic amines is 1. The van der Waals surface area contributed by atoms with Crippen molar-refractivity contribution in [1.82, 2.24) is 9.88 Å². The van der Waals surface area contributed by atoms with Crippen LogP contribution in [0.15, 0.2) is 83.9 Å². The quantitative estimate of drug-likeness (QED) is 0.0906. The van der Waals surface area contributed by atoms with Crippen molar-refractivity contribution in [3.8, 4) is 11.5 Å². The lowest BCUT2D eigenvalue weighted by atomic mass is 10.1. The van der Waals surface area contributed by atoms with Crippen molar-refractivity contribution in [2.24, 2.45) is 22.2 Å². The summed E-state index contributed by atoms with van der Waals surface area (Å²) < 4.78 is 5.96. The van der Waals surface area contributed by atoms with Crippen molar-refractivity contribution in [1.29, 1.82) is 0 Å². The summed E-state index contributed by atoms with van der Waals surface area (Å²) in [5, 5.41) is 10.4. The van der Waals surface area contributed by atoms with E-state index in [2.05, 4.69) is 22.1 Å². The Bertz CT molecular complexity index is 1480. The number of aromatic hydroxyl groups is 1. The number of H-pyrrole nitrogens is 1. The number of guanidine groups is 1. The summed E-state index contributed by atoms with van der Waals surface area (Å²) in [4.78, 5) is 35.0. The summed E-state index contributed by atoms with van der Waals surface area (Å²) >= 11 is 0. The van der Waals surface area contributed by atoms with Gasteiger partial charge in [-0.25, -0.2) is 0 Å². The number of carbonyl (C=O) groups excluding carboxylic acids is 2. The number of phenols is 1. The summed E-state index contributed by atoms with van der Waals surface area (Å²) in [5.41, 5.74) is 19.8. The molecular weight excluding hydrogens is 520 g/mol. The van der Waals surface area contributed by atoms with Crippen LogP contribution in [0.3, 0.4) is 0 Å². The molecule has 10 heteroatoms. The van der Waals surface area contributed by atoms with E-state index in [0.29, 0.717) is 43.9 Å². The van der Waals surface area contributed by atoms with E-state index in [1.807, 2.05) is 36.4 Å². The molecule has 1 atom stereocenters. The number of nitrogens with one attached hydrogen (secondary N) is 1. The zero-order valence-corrected chi connectivity index (χ0v) is 22.8. The standard InChI is InChI=1S/C31H36N6O4/c32-29(39)28(7-4-16-35-31(33)34)37(17-14-22-8-10-24(38)11-9-22)30(40)27-20-23-19-25(12-13-26(23)36-27)41-18-15-21-5-2-1-3-6-21/h1-3,5-6,8-13,19-20,28,36,38H,4,7,14-18H2,(H2,32,39)(H4,33,34,35)/t28-/m1/s1. The number of phenolic OH excluding ortho intramolecular Hbond substituents is 1. The molecule has 0 saturated carbocycles. The molecule has 0 fully saturated rings. The molecule has 214 valence electrons. The number of hydrogen-bond donors (Lipinski definition) is 5. The molecule has 8 N–H and O–H groups in total. The summed E-state index contributed by atoms with van der Waals surface area (Å²) in [6.45, 7) is 1.07. The van der Waals surface area contributed by atoms with Crippen LogP contribution in [0.1, 0.15) is 34.5 Å². The second-order valence-electron chi connectivity index (χ2n) is 9.80. The molecule has 0 radical (unpaired) electrons. The summed E-state index contributed by atoms with van der Waals surface area (Å²) in [6, 6.07) is 23.3. The number of fused-ring (bicyclic) bond motifs is 1. The number of primary amides is 1. The van der Waals surface area contributed by atoms with Gasteiger partial charge in [-0.2, -0.15) is 0 Å². The van der Waals surface area contributed by atoms with Crippen molar-refractivity contribution in [3.63, 3.8) is 0 Å². The van der Waals surface area contributed by atoms with Gasteiger partial charge < -0.3 is 36.9 Å². The van der Waals surface area contributed by atoms with Crippen LogP contribution in [0, 0.1) is 0 Å². The fourth-order valence-corrected chi connectivity index (χ4v) is 4.66. The predicted octanol–water partition coefficient (Wildman–Crippen LogP) is 3.09. The molecule has 0 bridgehead atoms. The van der Waals surface area contributed by atoms with E-state index in [1.165, 1.54) is 10.5 Å². The highest BCUT2D eigenvalue weighted by Gasteiger charge is 2.29. The number of amides is 2. The second-order valence-corrected chi connectivity index (χ2v) is 9.80.